The number of phenolic OH excluding ortho intramolecular Hbond substituents is 1. The SMILES string of the molecule is Oc1c(Cl)cc2ccccc2c1Cl. The summed E-state index contributed by atoms with van der Waals surface area (Å²) in [5.41, 5.74) is 0. The quantitative estimate of drug-likeness (QED) is 0.704. The second kappa shape index (κ2) is 3.09. The molecule has 0 saturated heterocycles. The summed E-state index contributed by atoms with van der Waals surface area (Å²) < 4.78 is 0. The first-order valence-corrected chi connectivity index (χ1v) is 4.51. The number of hydrogen-bond acceptors (Lipinski definition) is 1. The molecule has 2 aromatic rings. The molecule has 1 N–H and O–H groups in total. The summed E-state index contributed by atoms with van der Waals surface area (Å²) in [5.74, 6) is -0.0537. The lowest BCUT2D eigenvalue weighted by Crippen LogP contribution is -1.76. The fourth-order valence-electron chi connectivity index (χ4n) is 1.26. The first kappa shape index (κ1) is 8.67. The molecule has 0 fully saturated rings. The van der Waals surface area contributed by atoms with E-state index in [1.165, 1.54) is 0 Å². The predicted octanol–water partition coefficient (Wildman–Crippen LogP) is 3.85. The van der Waals surface area contributed by atoms with Crippen LogP contribution >= 0.6 is 23.2 Å². The van der Waals surface area contributed by atoms with Gasteiger partial charge in [-0.3, -0.25) is 0 Å². The van der Waals surface area contributed by atoms with Gasteiger partial charge in [0.1, 0.15) is 0 Å². The first-order chi connectivity index (χ1) is 6.20. The summed E-state index contributed by atoms with van der Waals surface area (Å²) in [7, 11) is 0. The van der Waals surface area contributed by atoms with E-state index in [0.717, 1.165) is 10.8 Å². The van der Waals surface area contributed by atoms with Crippen molar-refractivity contribution in [2.75, 3.05) is 0 Å². The average molecular weight is 213 g/mol. The molecule has 3 heteroatoms. The van der Waals surface area contributed by atoms with Crippen molar-refractivity contribution in [3.05, 3.63) is 40.4 Å². The second-order valence-electron chi connectivity index (χ2n) is 2.74. The van der Waals surface area contributed by atoms with Crippen LogP contribution in [0.4, 0.5) is 0 Å². The van der Waals surface area contributed by atoms with Crippen LogP contribution in [0.2, 0.25) is 10.0 Å². The summed E-state index contributed by atoms with van der Waals surface area (Å²) in [6.07, 6.45) is 0. The maximum atomic E-state index is 9.44. The van der Waals surface area contributed by atoms with E-state index in [2.05, 4.69) is 0 Å². The lowest BCUT2D eigenvalue weighted by molar-refractivity contribution is 0.476. The van der Waals surface area contributed by atoms with Gasteiger partial charge in [0.05, 0.1) is 10.0 Å². The van der Waals surface area contributed by atoms with E-state index in [-0.39, 0.29) is 10.8 Å². The topological polar surface area (TPSA) is 20.2 Å². The van der Waals surface area contributed by atoms with Crippen LogP contribution in [0.5, 0.6) is 5.75 Å². The molecule has 1 nitrogen and oxygen atoms in total. The van der Waals surface area contributed by atoms with E-state index in [1.54, 1.807) is 6.07 Å². The smallest absolute Gasteiger partial charge is 0.153 e. The van der Waals surface area contributed by atoms with Crippen LogP contribution in [0.25, 0.3) is 10.8 Å². The normalized spacial score (nSPS) is 10.6. The molecular weight excluding hydrogens is 207 g/mol. The van der Waals surface area contributed by atoms with Crippen LogP contribution < -0.4 is 0 Å². The van der Waals surface area contributed by atoms with Gasteiger partial charge in [-0.15, -0.1) is 0 Å². The third-order valence-corrected chi connectivity index (χ3v) is 2.58. The van der Waals surface area contributed by atoms with Crippen LogP contribution in [-0.2, 0) is 0 Å². The third kappa shape index (κ3) is 1.34. The molecule has 0 saturated carbocycles. The van der Waals surface area contributed by atoms with Crippen molar-refractivity contribution in [2.24, 2.45) is 0 Å². The summed E-state index contributed by atoms with van der Waals surface area (Å²) >= 11 is 11.7. The number of rotatable bonds is 0. The molecule has 0 aliphatic heterocycles. The van der Waals surface area contributed by atoms with Gasteiger partial charge in [-0.25, -0.2) is 0 Å². The van der Waals surface area contributed by atoms with E-state index < -0.39 is 0 Å². The van der Waals surface area contributed by atoms with Gasteiger partial charge >= 0.3 is 0 Å². The zero-order valence-corrected chi connectivity index (χ0v) is 8.10. The number of halogens is 2. The minimum absolute atomic E-state index is 0.0537. The molecule has 2 aromatic carbocycles. The highest BCUT2D eigenvalue weighted by Gasteiger charge is 2.08. The molecule has 66 valence electrons. The molecule has 0 spiro atoms. The van der Waals surface area contributed by atoms with Crippen LogP contribution in [0.15, 0.2) is 30.3 Å². The van der Waals surface area contributed by atoms with Gasteiger partial charge in [-0.2, -0.15) is 0 Å². The molecule has 0 radical (unpaired) electrons. The Morgan fingerprint density at radius 2 is 1.77 bits per heavy atom. The fraction of sp³-hybridized carbons (Fsp3) is 0. The Morgan fingerprint density at radius 1 is 1.08 bits per heavy atom. The van der Waals surface area contributed by atoms with Crippen LogP contribution in [0.3, 0.4) is 0 Å². The van der Waals surface area contributed by atoms with Crippen molar-refractivity contribution < 1.29 is 5.11 Å². The number of aromatic hydroxyl groups is 1. The number of phenols is 1. The van der Waals surface area contributed by atoms with E-state index in [4.69, 9.17) is 23.2 Å². The highest BCUT2D eigenvalue weighted by Crippen LogP contribution is 2.37. The van der Waals surface area contributed by atoms with Gasteiger partial charge in [0.25, 0.3) is 0 Å². The molecule has 13 heavy (non-hydrogen) atoms. The molecule has 0 aromatic heterocycles. The van der Waals surface area contributed by atoms with Gasteiger partial charge in [-0.05, 0) is 11.5 Å². The third-order valence-electron chi connectivity index (χ3n) is 1.91. The molecule has 0 unspecified atom stereocenters. The number of fused-ring (bicyclic) bond motifs is 1. The average Bonchev–Trinajstić information content (AvgIpc) is 2.15. The summed E-state index contributed by atoms with van der Waals surface area (Å²) in [4.78, 5) is 0. The first-order valence-electron chi connectivity index (χ1n) is 3.76. The van der Waals surface area contributed by atoms with Crippen molar-refractivity contribution in [3.8, 4) is 5.75 Å². The van der Waals surface area contributed by atoms with Gasteiger partial charge in [0.2, 0.25) is 0 Å². The van der Waals surface area contributed by atoms with E-state index in [1.807, 2.05) is 24.3 Å². The zero-order chi connectivity index (χ0) is 9.42. The molecule has 0 bridgehead atoms. The van der Waals surface area contributed by atoms with Gasteiger partial charge in [0.15, 0.2) is 5.75 Å². The minimum Gasteiger partial charge on any atom is -0.505 e. The van der Waals surface area contributed by atoms with Crippen molar-refractivity contribution in [2.45, 2.75) is 0 Å². The second-order valence-corrected chi connectivity index (χ2v) is 3.53. The molecule has 0 aliphatic rings. The lowest BCUT2D eigenvalue weighted by Gasteiger charge is -2.04. The Kier molecular flexibility index (Phi) is 2.06. The molecule has 0 amide bonds. The van der Waals surface area contributed by atoms with Crippen molar-refractivity contribution >= 4 is 34.0 Å². The summed E-state index contributed by atoms with van der Waals surface area (Å²) in [6.45, 7) is 0. The molecule has 0 atom stereocenters. The van der Waals surface area contributed by atoms with Crippen molar-refractivity contribution in [1.29, 1.82) is 0 Å². The minimum atomic E-state index is -0.0537. The Bertz CT molecular complexity index is 466. The highest BCUT2D eigenvalue weighted by atomic mass is 35.5. The zero-order valence-electron chi connectivity index (χ0n) is 6.59. The standard InChI is InChI=1S/C10H6Cl2O/c11-8-5-6-3-1-2-4-7(6)9(12)10(8)13/h1-5,13H. The van der Waals surface area contributed by atoms with Gasteiger partial charge in [-0.1, -0.05) is 47.5 Å². The molecular formula is C10H6Cl2O. The van der Waals surface area contributed by atoms with E-state index in [9.17, 15) is 5.11 Å². The Hall–Kier alpha value is -0.920. The molecule has 2 rings (SSSR count). The number of benzene rings is 2. The van der Waals surface area contributed by atoms with Crippen molar-refractivity contribution in [3.63, 3.8) is 0 Å². The summed E-state index contributed by atoms with van der Waals surface area (Å²) in [6, 6.07) is 9.19. The van der Waals surface area contributed by atoms with Gasteiger partial charge in [0, 0.05) is 5.39 Å². The Balaban J connectivity index is 2.94. The van der Waals surface area contributed by atoms with Crippen LogP contribution in [-0.4, -0.2) is 5.11 Å². The fourth-order valence-corrected chi connectivity index (χ4v) is 1.79. The largest absolute Gasteiger partial charge is 0.505 e. The number of hydrogen-bond donors (Lipinski definition) is 1. The van der Waals surface area contributed by atoms with Crippen LogP contribution in [0.1, 0.15) is 0 Å². The van der Waals surface area contributed by atoms with Crippen molar-refractivity contribution in [1.82, 2.24) is 0 Å². The predicted molar refractivity (Wildman–Crippen MR) is 55.6 cm³/mol. The maximum absolute atomic E-state index is 9.44. The Morgan fingerprint density at radius 3 is 2.54 bits per heavy atom. The highest BCUT2D eigenvalue weighted by molar-refractivity contribution is 6.41. The summed E-state index contributed by atoms with van der Waals surface area (Å²) in [5, 5.41) is 11.8. The van der Waals surface area contributed by atoms with E-state index in [0.29, 0.717) is 5.02 Å². The Labute approximate surface area is 85.5 Å². The van der Waals surface area contributed by atoms with Gasteiger partial charge < -0.3 is 5.11 Å². The maximum Gasteiger partial charge on any atom is 0.153 e. The van der Waals surface area contributed by atoms with Crippen LogP contribution in [0, 0.1) is 0 Å². The lowest BCUT2D eigenvalue weighted by atomic mass is 10.1. The molecule has 0 heterocycles. The van der Waals surface area contributed by atoms with E-state index >= 15 is 0 Å². The monoisotopic (exact) mass is 212 g/mol. The molecule has 0 aliphatic carbocycles.